The van der Waals surface area contributed by atoms with Gasteiger partial charge in [-0.1, -0.05) is 30.2 Å². The molecule has 0 radical (unpaired) electrons. The standard InChI is InChI=1S/C26H33ClN2O5/c1-31-23-10-8-19(24(27)25(23)32-2)16-28-12-13-34-22-9-7-18(14-20(22)17-28)15-29-11-5-4-6-21(29)26(30)33-3/h7-10,14,21H,4-6,11-13,15-17H2,1-3H3/t21-/m1/s1. The highest BCUT2D eigenvalue weighted by molar-refractivity contribution is 6.33. The summed E-state index contributed by atoms with van der Waals surface area (Å²) in [7, 11) is 4.66. The van der Waals surface area contributed by atoms with Crippen LogP contribution >= 0.6 is 11.6 Å². The Morgan fingerprint density at radius 3 is 2.71 bits per heavy atom. The van der Waals surface area contributed by atoms with Gasteiger partial charge in [-0.15, -0.1) is 0 Å². The minimum absolute atomic E-state index is 0.143. The summed E-state index contributed by atoms with van der Waals surface area (Å²) in [5.74, 6) is 1.94. The maximum atomic E-state index is 12.3. The molecule has 0 aromatic heterocycles. The Bertz CT molecular complexity index is 1010. The molecular formula is C26H33ClN2O5. The van der Waals surface area contributed by atoms with Gasteiger partial charge >= 0.3 is 5.97 Å². The van der Waals surface area contributed by atoms with Crippen molar-refractivity contribution in [3.63, 3.8) is 0 Å². The summed E-state index contributed by atoms with van der Waals surface area (Å²) in [6.45, 7) is 4.42. The number of hydrogen-bond donors (Lipinski definition) is 0. The number of likely N-dealkylation sites (tertiary alicyclic amines) is 1. The molecule has 2 heterocycles. The fourth-order valence-corrected chi connectivity index (χ4v) is 5.14. The van der Waals surface area contributed by atoms with E-state index in [2.05, 4.69) is 28.0 Å². The number of ether oxygens (including phenoxy) is 4. The number of carbonyl (C=O) groups excluding carboxylic acids is 1. The summed E-state index contributed by atoms with van der Waals surface area (Å²) in [5, 5.41) is 0.569. The van der Waals surface area contributed by atoms with E-state index in [1.54, 1.807) is 14.2 Å². The van der Waals surface area contributed by atoms with Crippen molar-refractivity contribution >= 4 is 17.6 Å². The third kappa shape index (κ3) is 5.43. The molecular weight excluding hydrogens is 456 g/mol. The highest BCUT2D eigenvalue weighted by atomic mass is 35.5. The van der Waals surface area contributed by atoms with Gasteiger partial charge in [-0.05, 0) is 48.7 Å². The number of benzene rings is 2. The van der Waals surface area contributed by atoms with Gasteiger partial charge in [-0.25, -0.2) is 0 Å². The quantitative estimate of drug-likeness (QED) is 0.539. The van der Waals surface area contributed by atoms with Crippen molar-refractivity contribution in [2.24, 2.45) is 0 Å². The van der Waals surface area contributed by atoms with Crippen molar-refractivity contribution in [2.45, 2.75) is 44.9 Å². The lowest BCUT2D eigenvalue weighted by Crippen LogP contribution is -2.44. The van der Waals surface area contributed by atoms with Gasteiger partial charge in [0.1, 0.15) is 18.4 Å². The van der Waals surface area contributed by atoms with E-state index in [0.717, 1.165) is 55.8 Å². The van der Waals surface area contributed by atoms with Crippen molar-refractivity contribution in [3.8, 4) is 17.2 Å². The lowest BCUT2D eigenvalue weighted by Gasteiger charge is -2.33. The van der Waals surface area contributed by atoms with Crippen molar-refractivity contribution in [2.75, 3.05) is 41.0 Å². The zero-order valence-electron chi connectivity index (χ0n) is 20.1. The van der Waals surface area contributed by atoms with Gasteiger partial charge in [0.25, 0.3) is 0 Å². The third-order valence-electron chi connectivity index (χ3n) is 6.62. The number of methoxy groups -OCH3 is 3. The van der Waals surface area contributed by atoms with Crippen LogP contribution in [0.4, 0.5) is 0 Å². The molecule has 0 spiro atoms. The van der Waals surface area contributed by atoms with Crippen LogP contribution in [0.5, 0.6) is 17.2 Å². The molecule has 0 N–H and O–H groups in total. The number of carbonyl (C=O) groups is 1. The van der Waals surface area contributed by atoms with Gasteiger partial charge in [0.15, 0.2) is 11.5 Å². The molecule has 7 nitrogen and oxygen atoms in total. The molecule has 184 valence electrons. The maximum Gasteiger partial charge on any atom is 0.323 e. The maximum absolute atomic E-state index is 12.3. The molecule has 0 unspecified atom stereocenters. The molecule has 0 bridgehead atoms. The number of rotatable bonds is 7. The fourth-order valence-electron chi connectivity index (χ4n) is 4.85. The molecule has 2 aromatic rings. The summed E-state index contributed by atoms with van der Waals surface area (Å²) in [4.78, 5) is 16.8. The van der Waals surface area contributed by atoms with Gasteiger partial charge < -0.3 is 18.9 Å². The third-order valence-corrected chi connectivity index (χ3v) is 7.03. The first-order chi connectivity index (χ1) is 16.5. The molecule has 4 rings (SSSR count). The number of esters is 1. The Balaban J connectivity index is 1.50. The topological polar surface area (TPSA) is 60.5 Å². The largest absolute Gasteiger partial charge is 0.493 e. The lowest BCUT2D eigenvalue weighted by atomic mass is 10.0. The molecule has 8 heteroatoms. The van der Waals surface area contributed by atoms with Crippen LogP contribution in [0.3, 0.4) is 0 Å². The van der Waals surface area contributed by atoms with E-state index < -0.39 is 0 Å². The van der Waals surface area contributed by atoms with Crippen LogP contribution in [0, 0.1) is 0 Å². The number of piperidine rings is 1. The van der Waals surface area contributed by atoms with E-state index in [9.17, 15) is 4.79 Å². The normalized spacial score (nSPS) is 19.0. The zero-order valence-corrected chi connectivity index (χ0v) is 20.9. The molecule has 2 aliphatic rings. The molecule has 0 saturated carbocycles. The summed E-state index contributed by atoms with van der Waals surface area (Å²) < 4.78 is 21.9. The molecule has 0 aliphatic carbocycles. The van der Waals surface area contributed by atoms with Crippen molar-refractivity contribution in [1.82, 2.24) is 9.80 Å². The minimum Gasteiger partial charge on any atom is -0.493 e. The fraction of sp³-hybridized carbons (Fsp3) is 0.500. The van der Waals surface area contributed by atoms with Crippen LogP contribution in [-0.4, -0.2) is 62.8 Å². The number of nitrogens with zero attached hydrogens (tertiary/aromatic N) is 2. The number of hydrogen-bond acceptors (Lipinski definition) is 7. The van der Waals surface area contributed by atoms with Crippen LogP contribution in [0.15, 0.2) is 30.3 Å². The first-order valence-electron chi connectivity index (χ1n) is 11.7. The molecule has 2 aliphatic heterocycles. The van der Waals surface area contributed by atoms with E-state index >= 15 is 0 Å². The first-order valence-corrected chi connectivity index (χ1v) is 12.1. The van der Waals surface area contributed by atoms with Crippen LogP contribution in [0.25, 0.3) is 0 Å². The highest BCUT2D eigenvalue weighted by Gasteiger charge is 2.29. The van der Waals surface area contributed by atoms with E-state index in [1.807, 2.05) is 12.1 Å². The average molecular weight is 489 g/mol. The van der Waals surface area contributed by atoms with Crippen molar-refractivity contribution in [3.05, 3.63) is 52.0 Å². The average Bonchev–Trinajstić information content (AvgIpc) is 3.06. The predicted octanol–water partition coefficient (Wildman–Crippen LogP) is 4.28. The molecule has 34 heavy (non-hydrogen) atoms. The second kappa shape index (κ2) is 11.3. The minimum atomic E-state index is -0.169. The molecule has 0 amide bonds. The molecule has 2 aromatic carbocycles. The van der Waals surface area contributed by atoms with E-state index in [-0.39, 0.29) is 12.0 Å². The van der Waals surface area contributed by atoms with Crippen molar-refractivity contribution < 1.29 is 23.7 Å². The monoisotopic (exact) mass is 488 g/mol. The summed E-state index contributed by atoms with van der Waals surface area (Å²) in [6.07, 6.45) is 3.00. The van der Waals surface area contributed by atoms with Crippen LogP contribution in [0.1, 0.15) is 36.0 Å². The van der Waals surface area contributed by atoms with Crippen LogP contribution < -0.4 is 14.2 Å². The lowest BCUT2D eigenvalue weighted by molar-refractivity contribution is -0.148. The number of fused-ring (bicyclic) bond motifs is 1. The Morgan fingerprint density at radius 1 is 1.09 bits per heavy atom. The smallest absolute Gasteiger partial charge is 0.323 e. The Labute approximate surface area is 206 Å². The molecule has 1 saturated heterocycles. The molecule has 1 atom stereocenters. The number of halogens is 1. The second-order valence-corrected chi connectivity index (χ2v) is 9.16. The van der Waals surface area contributed by atoms with Gasteiger partial charge in [0, 0.05) is 31.7 Å². The van der Waals surface area contributed by atoms with Gasteiger partial charge in [0.05, 0.1) is 26.4 Å². The zero-order chi connectivity index (χ0) is 24.1. The van der Waals surface area contributed by atoms with Gasteiger partial charge in [-0.2, -0.15) is 0 Å². The first kappa shape index (κ1) is 24.6. The Hall–Kier alpha value is -2.48. The second-order valence-electron chi connectivity index (χ2n) is 8.78. The van der Waals surface area contributed by atoms with E-state index in [1.165, 1.54) is 12.7 Å². The predicted molar refractivity (Wildman–Crippen MR) is 131 cm³/mol. The summed E-state index contributed by atoms with van der Waals surface area (Å²) >= 11 is 6.63. The van der Waals surface area contributed by atoms with Crippen molar-refractivity contribution in [1.29, 1.82) is 0 Å². The SMILES string of the molecule is COC(=O)[C@H]1CCCCN1Cc1ccc2c(c1)CN(Cc1ccc(OC)c(OC)c1Cl)CCO2. The summed E-state index contributed by atoms with van der Waals surface area (Å²) in [5.41, 5.74) is 3.29. The van der Waals surface area contributed by atoms with E-state index in [0.29, 0.717) is 36.2 Å². The summed E-state index contributed by atoms with van der Waals surface area (Å²) in [6, 6.07) is 10.1. The Kier molecular flexibility index (Phi) is 8.19. The molecule has 1 fully saturated rings. The Morgan fingerprint density at radius 2 is 1.94 bits per heavy atom. The van der Waals surface area contributed by atoms with Crippen LogP contribution in [-0.2, 0) is 29.2 Å². The van der Waals surface area contributed by atoms with Gasteiger partial charge in [-0.3, -0.25) is 14.6 Å². The van der Waals surface area contributed by atoms with Gasteiger partial charge in [0.2, 0.25) is 0 Å². The van der Waals surface area contributed by atoms with E-state index in [4.69, 9.17) is 30.5 Å². The highest BCUT2D eigenvalue weighted by Crippen LogP contribution is 2.38. The van der Waals surface area contributed by atoms with Crippen LogP contribution in [0.2, 0.25) is 5.02 Å².